The van der Waals surface area contributed by atoms with Crippen LogP contribution in [0.1, 0.15) is 126 Å². The smallest absolute Gasteiger partial charge is 0.338 e. The summed E-state index contributed by atoms with van der Waals surface area (Å²) in [5.41, 5.74) is -1.34. The summed E-state index contributed by atoms with van der Waals surface area (Å²) in [6.07, 6.45) is -12.5. The van der Waals surface area contributed by atoms with E-state index in [2.05, 4.69) is 13.8 Å². The standard InChI is InChI=1S/C62H90O21/c1-31(76-56(68)35-16-12-10-13-17-35)39-23-25-62(70)40-21-20-37-26-38(22-24-60(37,5)41(40)27-45(61(39,62)6)80-57(69)36-18-14-11-15-19-36)78-46-28-42(71-7)52(32(2)74-46)81-47-29-43(72-8)53(33(3)75-47)82-59-51(67)55(73-9)54(34(4)77-59)83-58-50(66)49(65)48(64)44(30-63)79-58/h10-19,31-34,37-55,58-59,63-67,70H,20-30H2,1-9H3/t31-,32-,33-,34-,37+,38+,39-,40-,41+,42+,43-,44-,45-,46+,47+,48-,49+,50-,51-,52-,53-,54-,55+,58+,59+,60+,61+,62+/m1/s1. The second-order valence-corrected chi connectivity index (χ2v) is 25.3. The van der Waals surface area contributed by atoms with E-state index in [-0.39, 0.29) is 41.6 Å². The Balaban J connectivity index is 0.751. The van der Waals surface area contributed by atoms with Crippen LogP contribution >= 0.6 is 0 Å². The Labute approximate surface area is 486 Å². The van der Waals surface area contributed by atoms with E-state index >= 15 is 0 Å². The fourth-order valence-electron chi connectivity index (χ4n) is 16.4. The normalized spacial score (nSPS) is 46.6. The Morgan fingerprint density at radius 2 is 1.18 bits per heavy atom. The number of hydrogen-bond donors (Lipinski definition) is 6. The lowest BCUT2D eigenvalue weighted by atomic mass is 9.42. The van der Waals surface area contributed by atoms with Crippen LogP contribution in [0.25, 0.3) is 0 Å². The number of carbonyl (C=O) groups excluding carboxylic acids is 2. The van der Waals surface area contributed by atoms with Gasteiger partial charge >= 0.3 is 11.9 Å². The third kappa shape index (κ3) is 12.0. The lowest BCUT2D eigenvalue weighted by Crippen LogP contribution is -2.68. The molecule has 464 valence electrons. The minimum Gasteiger partial charge on any atom is -0.459 e. The number of carbonyl (C=O) groups is 2. The van der Waals surface area contributed by atoms with Gasteiger partial charge in [-0.3, -0.25) is 0 Å². The van der Waals surface area contributed by atoms with Gasteiger partial charge in [0.25, 0.3) is 0 Å². The first-order valence-corrected chi connectivity index (χ1v) is 30.1. The second-order valence-electron chi connectivity index (χ2n) is 25.3. The third-order valence-corrected chi connectivity index (χ3v) is 21.0. The maximum absolute atomic E-state index is 14.1. The van der Waals surface area contributed by atoms with Gasteiger partial charge in [0.2, 0.25) is 0 Å². The molecule has 0 amide bonds. The van der Waals surface area contributed by atoms with Crippen molar-refractivity contribution in [3.05, 3.63) is 71.8 Å². The molecule has 4 saturated carbocycles. The molecule has 4 saturated heterocycles. The van der Waals surface area contributed by atoms with E-state index in [4.69, 9.17) is 61.6 Å². The molecule has 4 heterocycles. The topological polar surface area (TPSA) is 276 Å². The monoisotopic (exact) mass is 1170 g/mol. The Hall–Kier alpha value is -3.30. The molecular weight excluding hydrogens is 1080 g/mol. The molecule has 4 aliphatic heterocycles. The number of hydrogen-bond acceptors (Lipinski definition) is 21. The molecular formula is C62H90O21. The molecule has 0 aromatic heterocycles. The highest BCUT2D eigenvalue weighted by atomic mass is 16.8. The fraction of sp³-hybridized carbons (Fsp3) is 0.774. The lowest BCUT2D eigenvalue weighted by Gasteiger charge is -2.65. The Morgan fingerprint density at radius 1 is 0.602 bits per heavy atom. The molecule has 83 heavy (non-hydrogen) atoms. The molecule has 0 radical (unpaired) electrons. The van der Waals surface area contributed by atoms with Gasteiger partial charge in [-0.05, 0) is 126 Å². The van der Waals surface area contributed by atoms with E-state index in [1.165, 1.54) is 7.11 Å². The second kappa shape index (κ2) is 25.8. The quantitative estimate of drug-likeness (QED) is 0.0933. The van der Waals surface area contributed by atoms with Crippen molar-refractivity contribution in [1.29, 1.82) is 0 Å². The summed E-state index contributed by atoms with van der Waals surface area (Å²) in [6.45, 7) is 11.1. The average Bonchev–Trinajstić information content (AvgIpc) is 2.38. The fourth-order valence-corrected chi connectivity index (χ4v) is 16.4. The van der Waals surface area contributed by atoms with Crippen molar-refractivity contribution in [3.63, 3.8) is 0 Å². The summed E-state index contributed by atoms with van der Waals surface area (Å²) in [5, 5.41) is 65.9. The van der Waals surface area contributed by atoms with Crippen LogP contribution in [0.3, 0.4) is 0 Å². The first-order chi connectivity index (χ1) is 39.7. The van der Waals surface area contributed by atoms with Crippen molar-refractivity contribution in [2.45, 2.75) is 240 Å². The number of methoxy groups -OCH3 is 3. The van der Waals surface area contributed by atoms with E-state index in [0.29, 0.717) is 36.8 Å². The van der Waals surface area contributed by atoms with Gasteiger partial charge < -0.3 is 92.2 Å². The van der Waals surface area contributed by atoms with Gasteiger partial charge in [-0.1, -0.05) is 50.2 Å². The number of esters is 2. The predicted molar refractivity (Wildman–Crippen MR) is 293 cm³/mol. The van der Waals surface area contributed by atoms with Crippen LogP contribution in [0.5, 0.6) is 0 Å². The molecule has 0 spiro atoms. The number of fused-ring (bicyclic) bond motifs is 5. The highest BCUT2D eigenvalue weighted by molar-refractivity contribution is 5.90. The van der Waals surface area contributed by atoms with E-state index in [0.717, 1.165) is 32.1 Å². The van der Waals surface area contributed by atoms with Crippen molar-refractivity contribution < 1.29 is 102 Å². The van der Waals surface area contributed by atoms with E-state index in [9.17, 15) is 40.2 Å². The highest BCUT2D eigenvalue weighted by Gasteiger charge is 2.72. The summed E-state index contributed by atoms with van der Waals surface area (Å²) in [5.74, 6) is -0.819. The van der Waals surface area contributed by atoms with Crippen LogP contribution in [-0.2, 0) is 61.6 Å². The minimum absolute atomic E-state index is 0.0475. The van der Waals surface area contributed by atoms with E-state index in [1.807, 2.05) is 45.0 Å². The van der Waals surface area contributed by atoms with Gasteiger partial charge in [-0.15, -0.1) is 0 Å². The number of aliphatic hydroxyl groups is 6. The van der Waals surface area contributed by atoms with E-state index < -0.39 is 152 Å². The van der Waals surface area contributed by atoms with Gasteiger partial charge in [-0.2, -0.15) is 0 Å². The van der Waals surface area contributed by atoms with Crippen LogP contribution in [0.15, 0.2) is 60.7 Å². The number of aliphatic hydroxyl groups excluding tert-OH is 5. The lowest BCUT2D eigenvalue weighted by molar-refractivity contribution is -0.373. The van der Waals surface area contributed by atoms with Crippen molar-refractivity contribution in [3.8, 4) is 0 Å². The molecule has 8 fully saturated rings. The van der Waals surface area contributed by atoms with Crippen LogP contribution in [0, 0.1) is 34.5 Å². The predicted octanol–water partition coefficient (Wildman–Crippen LogP) is 4.60. The zero-order valence-electron chi connectivity index (χ0n) is 49.3. The van der Waals surface area contributed by atoms with Gasteiger partial charge in [0.15, 0.2) is 25.2 Å². The van der Waals surface area contributed by atoms with Crippen LogP contribution in [-0.4, -0.2) is 205 Å². The number of ether oxygens (including phenoxy) is 13. The molecule has 8 aliphatic rings. The van der Waals surface area contributed by atoms with Gasteiger partial charge in [0.05, 0.1) is 60.0 Å². The highest BCUT2D eigenvalue weighted by Crippen LogP contribution is 2.70. The third-order valence-electron chi connectivity index (χ3n) is 21.0. The Morgan fingerprint density at radius 3 is 1.80 bits per heavy atom. The summed E-state index contributed by atoms with van der Waals surface area (Å²) in [6, 6.07) is 17.9. The van der Waals surface area contributed by atoms with Crippen LogP contribution < -0.4 is 0 Å². The molecule has 0 unspecified atom stereocenters. The molecule has 2 aromatic rings. The first kappa shape index (κ1) is 62.7. The molecule has 4 aliphatic carbocycles. The molecule has 21 heteroatoms. The van der Waals surface area contributed by atoms with E-state index in [1.54, 1.807) is 57.5 Å². The van der Waals surface area contributed by atoms with Crippen molar-refractivity contribution >= 4 is 11.9 Å². The summed E-state index contributed by atoms with van der Waals surface area (Å²) < 4.78 is 81.3. The Kier molecular flexibility index (Phi) is 19.5. The molecule has 2 aromatic carbocycles. The molecule has 6 N–H and O–H groups in total. The molecule has 10 rings (SSSR count). The zero-order valence-corrected chi connectivity index (χ0v) is 49.3. The number of rotatable bonds is 17. The van der Waals surface area contributed by atoms with Crippen molar-refractivity contribution in [1.82, 2.24) is 0 Å². The maximum Gasteiger partial charge on any atom is 0.338 e. The SMILES string of the molecule is CO[C@H]1[C@@H](O)[C@H](O[C@@H]2[C@@H](C)O[C@@H](O[C@H]3[C@@H](OC)C[C@H](O[C@H]4CC[C@@]5(C)[C@@H](CC[C@@H]6[C@@H]5C[C@@H](OC(=O)c5ccccc5)[C@]5(C)[C@@H]([C@@H](C)OC(=O)c7ccccc7)CC[C@]65O)C4)O[C@@H]3C)C[C@H]2OC)O[C@H](C)[C@H]1O[C@@H]1O[C@H](CO)[C@@H](O)[C@H](O)[C@H]1O. The largest absolute Gasteiger partial charge is 0.459 e. The zero-order chi connectivity index (χ0) is 59.3. The summed E-state index contributed by atoms with van der Waals surface area (Å²) >= 11 is 0. The summed E-state index contributed by atoms with van der Waals surface area (Å²) in [7, 11) is 4.58. The summed E-state index contributed by atoms with van der Waals surface area (Å²) in [4.78, 5) is 27.5. The Bertz CT molecular complexity index is 2460. The average molecular weight is 1170 g/mol. The first-order valence-electron chi connectivity index (χ1n) is 30.1. The van der Waals surface area contributed by atoms with Gasteiger partial charge in [-0.25, -0.2) is 9.59 Å². The van der Waals surface area contributed by atoms with Gasteiger partial charge in [0.1, 0.15) is 67.1 Å². The molecule has 0 bridgehead atoms. The van der Waals surface area contributed by atoms with Crippen LogP contribution in [0.2, 0.25) is 0 Å². The maximum atomic E-state index is 14.1. The van der Waals surface area contributed by atoms with Crippen LogP contribution in [0.4, 0.5) is 0 Å². The molecule has 28 atom stereocenters. The minimum atomic E-state index is -1.67. The molecule has 21 nitrogen and oxygen atoms in total. The number of benzene rings is 2. The van der Waals surface area contributed by atoms with Gasteiger partial charge in [0, 0.05) is 45.5 Å². The van der Waals surface area contributed by atoms with Crippen molar-refractivity contribution in [2.75, 3.05) is 27.9 Å². The van der Waals surface area contributed by atoms with Crippen molar-refractivity contribution in [2.24, 2.45) is 34.5 Å².